The molecule has 106 valence electrons. The van der Waals surface area contributed by atoms with Gasteiger partial charge in [0.25, 0.3) is 0 Å². The van der Waals surface area contributed by atoms with Gasteiger partial charge in [-0.3, -0.25) is 4.79 Å². The summed E-state index contributed by atoms with van der Waals surface area (Å²) in [4.78, 5) is 11.7. The van der Waals surface area contributed by atoms with Crippen LogP contribution in [0, 0.1) is 11.8 Å². The molecular formula is C14H28N2O2. The molecule has 0 radical (unpaired) electrons. The average Bonchev–Trinajstić information content (AvgIpc) is 2.87. The van der Waals surface area contributed by atoms with Crippen LogP contribution in [0.1, 0.15) is 45.4 Å². The third-order valence-corrected chi connectivity index (χ3v) is 3.83. The molecule has 0 spiro atoms. The zero-order valence-corrected chi connectivity index (χ0v) is 11.6. The number of hydrogen-bond acceptors (Lipinski definition) is 3. The van der Waals surface area contributed by atoms with Crippen LogP contribution >= 0.6 is 0 Å². The second-order valence-corrected chi connectivity index (χ2v) is 5.26. The van der Waals surface area contributed by atoms with Crippen LogP contribution in [0.5, 0.6) is 0 Å². The third-order valence-electron chi connectivity index (χ3n) is 3.83. The van der Waals surface area contributed by atoms with E-state index in [-0.39, 0.29) is 5.91 Å². The minimum Gasteiger partial charge on any atom is -0.381 e. The maximum absolute atomic E-state index is 11.7. The monoisotopic (exact) mass is 256 g/mol. The Labute approximate surface area is 111 Å². The summed E-state index contributed by atoms with van der Waals surface area (Å²) in [6.07, 6.45) is 5.94. The van der Waals surface area contributed by atoms with Crippen molar-refractivity contribution in [2.24, 2.45) is 17.6 Å². The molecule has 1 heterocycles. The van der Waals surface area contributed by atoms with Crippen molar-refractivity contribution in [3.05, 3.63) is 0 Å². The lowest BCUT2D eigenvalue weighted by Gasteiger charge is -2.13. The summed E-state index contributed by atoms with van der Waals surface area (Å²) < 4.78 is 5.31. The Kier molecular flexibility index (Phi) is 8.01. The maximum Gasteiger partial charge on any atom is 0.220 e. The molecule has 1 aliphatic heterocycles. The van der Waals surface area contributed by atoms with Gasteiger partial charge in [0.2, 0.25) is 5.91 Å². The first kappa shape index (κ1) is 15.4. The molecule has 2 unspecified atom stereocenters. The number of carbonyl (C=O) groups excluding carboxylic acids is 1. The number of nitrogens with one attached hydrogen (secondary N) is 1. The Morgan fingerprint density at radius 2 is 2.33 bits per heavy atom. The highest BCUT2D eigenvalue weighted by molar-refractivity contribution is 5.75. The van der Waals surface area contributed by atoms with E-state index in [0.717, 1.165) is 58.4 Å². The van der Waals surface area contributed by atoms with Crippen LogP contribution < -0.4 is 11.1 Å². The van der Waals surface area contributed by atoms with Crippen molar-refractivity contribution >= 4 is 5.91 Å². The number of nitrogens with two attached hydrogens (primary N) is 1. The van der Waals surface area contributed by atoms with Crippen LogP contribution in [-0.4, -0.2) is 32.2 Å². The molecule has 0 aromatic heterocycles. The summed E-state index contributed by atoms with van der Waals surface area (Å²) in [5.74, 6) is 1.43. The predicted molar refractivity (Wildman–Crippen MR) is 73.2 cm³/mol. The second kappa shape index (κ2) is 9.34. The Balaban J connectivity index is 2.02. The van der Waals surface area contributed by atoms with Crippen molar-refractivity contribution < 1.29 is 9.53 Å². The lowest BCUT2D eigenvalue weighted by Crippen LogP contribution is -2.26. The van der Waals surface area contributed by atoms with Gasteiger partial charge in [-0.15, -0.1) is 0 Å². The van der Waals surface area contributed by atoms with Crippen molar-refractivity contribution in [3.8, 4) is 0 Å². The molecule has 4 nitrogen and oxygen atoms in total. The molecule has 1 fully saturated rings. The van der Waals surface area contributed by atoms with E-state index in [1.807, 2.05) is 0 Å². The van der Waals surface area contributed by atoms with Gasteiger partial charge >= 0.3 is 0 Å². The fraction of sp³-hybridized carbons (Fsp3) is 0.929. The molecule has 1 rings (SSSR count). The second-order valence-electron chi connectivity index (χ2n) is 5.26. The van der Waals surface area contributed by atoms with Crippen molar-refractivity contribution in [2.75, 3.05) is 26.3 Å². The van der Waals surface area contributed by atoms with E-state index in [1.54, 1.807) is 0 Å². The van der Waals surface area contributed by atoms with Crippen molar-refractivity contribution in [2.45, 2.75) is 45.4 Å². The average molecular weight is 256 g/mol. The van der Waals surface area contributed by atoms with Crippen LogP contribution in [-0.2, 0) is 9.53 Å². The van der Waals surface area contributed by atoms with Crippen LogP contribution in [0.4, 0.5) is 0 Å². The first-order chi connectivity index (χ1) is 8.76. The van der Waals surface area contributed by atoms with Gasteiger partial charge in [0.15, 0.2) is 0 Å². The number of ether oxygens (including phenoxy) is 1. The molecule has 0 aromatic carbocycles. The molecule has 0 aromatic rings. The lowest BCUT2D eigenvalue weighted by atomic mass is 9.96. The van der Waals surface area contributed by atoms with Gasteiger partial charge < -0.3 is 15.8 Å². The van der Waals surface area contributed by atoms with E-state index in [9.17, 15) is 4.79 Å². The normalized spacial score (nSPS) is 20.9. The Morgan fingerprint density at radius 3 is 2.94 bits per heavy atom. The molecule has 1 aliphatic rings. The van der Waals surface area contributed by atoms with Crippen LogP contribution in [0.3, 0.4) is 0 Å². The Morgan fingerprint density at radius 1 is 1.50 bits per heavy atom. The summed E-state index contributed by atoms with van der Waals surface area (Å²) in [6, 6.07) is 0. The quantitative estimate of drug-likeness (QED) is 0.660. The van der Waals surface area contributed by atoms with E-state index in [0.29, 0.717) is 18.3 Å². The highest BCUT2D eigenvalue weighted by Crippen LogP contribution is 2.16. The zero-order valence-electron chi connectivity index (χ0n) is 11.6. The smallest absolute Gasteiger partial charge is 0.220 e. The van der Waals surface area contributed by atoms with Gasteiger partial charge in [-0.05, 0) is 44.1 Å². The molecule has 0 aliphatic carbocycles. The molecule has 2 atom stereocenters. The van der Waals surface area contributed by atoms with E-state index < -0.39 is 0 Å². The number of amides is 1. The van der Waals surface area contributed by atoms with Crippen LogP contribution in [0.15, 0.2) is 0 Å². The molecular weight excluding hydrogens is 228 g/mol. The molecule has 3 N–H and O–H groups in total. The van der Waals surface area contributed by atoms with Gasteiger partial charge in [0, 0.05) is 26.2 Å². The minimum absolute atomic E-state index is 0.185. The molecule has 18 heavy (non-hydrogen) atoms. The minimum atomic E-state index is 0.185. The fourth-order valence-corrected chi connectivity index (χ4v) is 2.44. The SMILES string of the molecule is CCC(CCN)CCC(=O)NCCC1CCOC1. The molecule has 0 bridgehead atoms. The van der Waals surface area contributed by atoms with E-state index in [1.165, 1.54) is 0 Å². The van der Waals surface area contributed by atoms with Gasteiger partial charge in [-0.1, -0.05) is 13.3 Å². The topological polar surface area (TPSA) is 64.4 Å². The fourth-order valence-electron chi connectivity index (χ4n) is 2.44. The van der Waals surface area contributed by atoms with Gasteiger partial charge in [-0.25, -0.2) is 0 Å². The van der Waals surface area contributed by atoms with E-state index in [2.05, 4.69) is 12.2 Å². The first-order valence-electron chi connectivity index (χ1n) is 7.30. The summed E-state index contributed by atoms with van der Waals surface area (Å²) in [7, 11) is 0. The van der Waals surface area contributed by atoms with Gasteiger partial charge in [0.05, 0.1) is 0 Å². The maximum atomic E-state index is 11.7. The van der Waals surface area contributed by atoms with E-state index >= 15 is 0 Å². The molecule has 1 saturated heterocycles. The highest BCUT2D eigenvalue weighted by atomic mass is 16.5. The molecule has 4 heteroatoms. The summed E-state index contributed by atoms with van der Waals surface area (Å²) in [6.45, 7) is 5.43. The third kappa shape index (κ3) is 6.36. The standard InChI is InChI=1S/C14H28N2O2/c1-2-12(5-8-15)3-4-14(17)16-9-6-13-7-10-18-11-13/h12-13H,2-11,15H2,1H3,(H,16,17). The van der Waals surface area contributed by atoms with Crippen molar-refractivity contribution in [1.82, 2.24) is 5.32 Å². The summed E-state index contributed by atoms with van der Waals surface area (Å²) >= 11 is 0. The molecule has 0 saturated carbocycles. The predicted octanol–water partition coefficient (Wildman–Crippen LogP) is 1.68. The zero-order chi connectivity index (χ0) is 13.2. The van der Waals surface area contributed by atoms with E-state index in [4.69, 9.17) is 10.5 Å². The van der Waals surface area contributed by atoms with Crippen LogP contribution in [0.2, 0.25) is 0 Å². The Bertz CT molecular complexity index is 228. The van der Waals surface area contributed by atoms with Crippen molar-refractivity contribution in [1.29, 1.82) is 0 Å². The van der Waals surface area contributed by atoms with Gasteiger partial charge in [-0.2, -0.15) is 0 Å². The Hall–Kier alpha value is -0.610. The lowest BCUT2D eigenvalue weighted by molar-refractivity contribution is -0.121. The van der Waals surface area contributed by atoms with Crippen LogP contribution in [0.25, 0.3) is 0 Å². The largest absolute Gasteiger partial charge is 0.381 e. The number of carbonyl (C=O) groups is 1. The summed E-state index contributed by atoms with van der Waals surface area (Å²) in [5.41, 5.74) is 5.55. The molecule has 1 amide bonds. The number of hydrogen-bond donors (Lipinski definition) is 2. The first-order valence-corrected chi connectivity index (χ1v) is 7.30. The van der Waals surface area contributed by atoms with Crippen molar-refractivity contribution in [3.63, 3.8) is 0 Å². The number of rotatable bonds is 9. The van der Waals surface area contributed by atoms with Gasteiger partial charge in [0.1, 0.15) is 0 Å². The highest BCUT2D eigenvalue weighted by Gasteiger charge is 2.15. The summed E-state index contributed by atoms with van der Waals surface area (Å²) in [5, 5.41) is 3.01.